The number of aryl methyl sites for hydroxylation is 1. The lowest BCUT2D eigenvalue weighted by Gasteiger charge is -2.33. The van der Waals surface area contributed by atoms with E-state index >= 15 is 0 Å². The minimum atomic E-state index is -0.878. The number of esters is 1. The third-order valence-electron chi connectivity index (χ3n) is 4.03. The lowest BCUT2D eigenvalue weighted by molar-refractivity contribution is -0.148. The van der Waals surface area contributed by atoms with Crippen LogP contribution < -0.4 is 14.4 Å². The zero-order valence-electron chi connectivity index (χ0n) is 14.4. The number of carbonyl (C=O) groups excluding carboxylic acids is 2. The Morgan fingerprint density at radius 2 is 2.04 bits per heavy atom. The second-order valence-corrected chi connectivity index (χ2v) is 6.21. The minimum absolute atomic E-state index is 0.0610. The van der Waals surface area contributed by atoms with Crippen molar-refractivity contribution in [3.63, 3.8) is 0 Å². The summed E-state index contributed by atoms with van der Waals surface area (Å²) in [6.07, 6.45) is -0.878. The number of para-hydroxylation sites is 2. The smallest absolute Gasteiger partial charge is 0.348 e. The predicted molar refractivity (Wildman–Crippen MR) is 96.9 cm³/mol. The molecule has 0 spiro atoms. The van der Waals surface area contributed by atoms with Gasteiger partial charge in [-0.05, 0) is 42.8 Å². The molecule has 2 aromatic carbocycles. The Labute approximate surface area is 156 Å². The molecule has 1 aliphatic rings. The predicted octanol–water partition coefficient (Wildman–Crippen LogP) is 2.99. The molecule has 0 unspecified atom stereocenters. The van der Waals surface area contributed by atoms with Gasteiger partial charge in [0.05, 0.1) is 19.3 Å². The highest BCUT2D eigenvalue weighted by atomic mass is 35.5. The van der Waals surface area contributed by atoms with Crippen molar-refractivity contribution in [1.82, 2.24) is 0 Å². The first-order chi connectivity index (χ1) is 12.5. The molecule has 2 aromatic rings. The Hall–Kier alpha value is -2.73. The summed E-state index contributed by atoms with van der Waals surface area (Å²) in [4.78, 5) is 26.0. The number of halogens is 1. The SMILES string of the molecule is COC(=O)[C@H]1CN(C(=O)COc2ccc(Cl)c(C)c2)c2ccccc2O1. The molecular weight excluding hydrogens is 358 g/mol. The number of amides is 1. The molecule has 1 heterocycles. The van der Waals surface area contributed by atoms with Gasteiger partial charge in [-0.3, -0.25) is 4.79 Å². The van der Waals surface area contributed by atoms with Gasteiger partial charge in [0.1, 0.15) is 11.5 Å². The van der Waals surface area contributed by atoms with Gasteiger partial charge in [-0.25, -0.2) is 4.79 Å². The van der Waals surface area contributed by atoms with E-state index in [0.29, 0.717) is 22.2 Å². The van der Waals surface area contributed by atoms with E-state index in [1.807, 2.05) is 6.92 Å². The van der Waals surface area contributed by atoms with Crippen molar-refractivity contribution in [1.29, 1.82) is 0 Å². The lowest BCUT2D eigenvalue weighted by Crippen LogP contribution is -2.48. The highest BCUT2D eigenvalue weighted by Crippen LogP contribution is 2.33. The van der Waals surface area contributed by atoms with E-state index in [4.69, 9.17) is 25.8 Å². The van der Waals surface area contributed by atoms with Crippen LogP contribution in [0.25, 0.3) is 0 Å². The zero-order chi connectivity index (χ0) is 18.7. The molecule has 0 fully saturated rings. The minimum Gasteiger partial charge on any atom is -0.484 e. The van der Waals surface area contributed by atoms with Crippen LogP contribution in [0, 0.1) is 6.92 Å². The molecule has 1 amide bonds. The van der Waals surface area contributed by atoms with Crippen LogP contribution in [0.2, 0.25) is 5.02 Å². The number of benzene rings is 2. The molecule has 0 bridgehead atoms. The van der Waals surface area contributed by atoms with Crippen LogP contribution in [0.15, 0.2) is 42.5 Å². The molecule has 0 saturated carbocycles. The standard InChI is InChI=1S/C19H18ClNO5/c1-12-9-13(7-8-14(12)20)25-11-18(22)21-10-17(19(23)24-2)26-16-6-4-3-5-15(16)21/h3-9,17H,10-11H2,1-2H3/t17-/m1/s1. The third-order valence-corrected chi connectivity index (χ3v) is 4.45. The maximum Gasteiger partial charge on any atom is 0.348 e. The number of anilines is 1. The number of hydrogen-bond donors (Lipinski definition) is 0. The number of hydrogen-bond acceptors (Lipinski definition) is 5. The van der Waals surface area contributed by atoms with Crippen molar-refractivity contribution in [2.75, 3.05) is 25.2 Å². The molecule has 0 aliphatic carbocycles. The molecule has 1 aliphatic heterocycles. The van der Waals surface area contributed by atoms with Gasteiger partial charge in [0.2, 0.25) is 6.10 Å². The summed E-state index contributed by atoms with van der Waals surface area (Å²) < 4.78 is 16.0. The molecule has 0 aromatic heterocycles. The monoisotopic (exact) mass is 375 g/mol. The Morgan fingerprint density at radius 1 is 1.27 bits per heavy atom. The summed E-state index contributed by atoms with van der Waals surface area (Å²) in [5, 5.41) is 0.631. The first-order valence-electron chi connectivity index (χ1n) is 8.02. The van der Waals surface area contributed by atoms with E-state index in [1.165, 1.54) is 12.0 Å². The summed E-state index contributed by atoms with van der Waals surface area (Å²) in [7, 11) is 1.28. The number of nitrogens with zero attached hydrogens (tertiary/aromatic N) is 1. The summed E-state index contributed by atoms with van der Waals surface area (Å²) in [5.41, 5.74) is 1.45. The van der Waals surface area contributed by atoms with Gasteiger partial charge < -0.3 is 19.1 Å². The van der Waals surface area contributed by atoms with Gasteiger partial charge in [-0.1, -0.05) is 23.7 Å². The van der Waals surface area contributed by atoms with Crippen molar-refractivity contribution in [3.05, 3.63) is 53.1 Å². The zero-order valence-corrected chi connectivity index (χ0v) is 15.2. The Kier molecular flexibility index (Phi) is 5.32. The topological polar surface area (TPSA) is 65.1 Å². The number of ether oxygens (including phenoxy) is 3. The first-order valence-corrected chi connectivity index (χ1v) is 8.40. The molecule has 3 rings (SSSR count). The fourth-order valence-corrected chi connectivity index (χ4v) is 2.77. The first kappa shape index (κ1) is 18.1. The van der Waals surface area contributed by atoms with Crippen LogP contribution >= 0.6 is 11.6 Å². The Bertz CT molecular complexity index is 838. The number of carbonyl (C=O) groups is 2. The molecule has 6 nitrogen and oxygen atoms in total. The molecule has 0 N–H and O–H groups in total. The number of fused-ring (bicyclic) bond motifs is 1. The van der Waals surface area contributed by atoms with Crippen molar-refractivity contribution in [2.24, 2.45) is 0 Å². The third kappa shape index (κ3) is 3.75. The maximum absolute atomic E-state index is 12.7. The highest BCUT2D eigenvalue weighted by molar-refractivity contribution is 6.31. The second kappa shape index (κ2) is 7.66. The van der Waals surface area contributed by atoms with Crippen LogP contribution in [0.4, 0.5) is 5.69 Å². The maximum atomic E-state index is 12.7. The molecule has 7 heteroatoms. The van der Waals surface area contributed by atoms with E-state index < -0.39 is 12.1 Å². The van der Waals surface area contributed by atoms with E-state index in [0.717, 1.165) is 5.56 Å². The lowest BCUT2D eigenvalue weighted by atomic mass is 10.2. The van der Waals surface area contributed by atoms with Gasteiger partial charge in [0.15, 0.2) is 6.61 Å². The van der Waals surface area contributed by atoms with Gasteiger partial charge in [0.25, 0.3) is 5.91 Å². The van der Waals surface area contributed by atoms with E-state index in [2.05, 4.69) is 0 Å². The van der Waals surface area contributed by atoms with E-state index in [9.17, 15) is 9.59 Å². The molecule has 136 valence electrons. The molecule has 0 radical (unpaired) electrons. The average Bonchev–Trinajstić information content (AvgIpc) is 2.67. The second-order valence-electron chi connectivity index (χ2n) is 5.80. The fraction of sp³-hybridized carbons (Fsp3) is 0.263. The van der Waals surface area contributed by atoms with Crippen LogP contribution in [-0.4, -0.2) is 38.2 Å². The van der Waals surface area contributed by atoms with Gasteiger partial charge in [-0.15, -0.1) is 0 Å². The summed E-state index contributed by atoms with van der Waals surface area (Å²) in [6, 6.07) is 12.2. The summed E-state index contributed by atoms with van der Waals surface area (Å²) in [6.45, 7) is 1.74. The van der Waals surface area contributed by atoms with Gasteiger partial charge in [-0.2, -0.15) is 0 Å². The van der Waals surface area contributed by atoms with Crippen molar-refractivity contribution in [3.8, 4) is 11.5 Å². The van der Waals surface area contributed by atoms with Gasteiger partial charge >= 0.3 is 5.97 Å². The van der Waals surface area contributed by atoms with E-state index in [1.54, 1.807) is 42.5 Å². The molecule has 26 heavy (non-hydrogen) atoms. The largest absolute Gasteiger partial charge is 0.484 e. The van der Waals surface area contributed by atoms with Gasteiger partial charge in [0, 0.05) is 5.02 Å². The van der Waals surface area contributed by atoms with Crippen molar-refractivity contribution >= 4 is 29.2 Å². The molecule has 1 atom stereocenters. The quantitative estimate of drug-likeness (QED) is 0.769. The Morgan fingerprint density at radius 3 is 2.77 bits per heavy atom. The summed E-state index contributed by atoms with van der Waals surface area (Å²) in [5.74, 6) is 0.171. The summed E-state index contributed by atoms with van der Waals surface area (Å²) >= 11 is 5.99. The van der Waals surface area contributed by atoms with E-state index in [-0.39, 0.29) is 19.1 Å². The molecular formula is C19H18ClNO5. The normalized spacial score (nSPS) is 15.7. The van der Waals surface area contributed by atoms with Crippen LogP contribution in [0.1, 0.15) is 5.56 Å². The molecule has 0 saturated heterocycles. The van der Waals surface area contributed by atoms with Crippen LogP contribution in [0.5, 0.6) is 11.5 Å². The van der Waals surface area contributed by atoms with Crippen LogP contribution in [-0.2, 0) is 14.3 Å². The average molecular weight is 376 g/mol. The highest BCUT2D eigenvalue weighted by Gasteiger charge is 2.34. The Balaban J connectivity index is 1.76. The number of methoxy groups -OCH3 is 1. The van der Waals surface area contributed by atoms with Crippen molar-refractivity contribution in [2.45, 2.75) is 13.0 Å². The van der Waals surface area contributed by atoms with Crippen molar-refractivity contribution < 1.29 is 23.8 Å². The fourth-order valence-electron chi connectivity index (χ4n) is 2.65. The van der Waals surface area contributed by atoms with Crippen LogP contribution in [0.3, 0.4) is 0 Å². The number of rotatable bonds is 4.